The summed E-state index contributed by atoms with van der Waals surface area (Å²) in [4.78, 5) is 48.4. The molecule has 0 aliphatic heterocycles. The molecule has 0 fully saturated rings. The monoisotopic (exact) mass is 509 g/mol. The Morgan fingerprint density at radius 2 is 1.72 bits per heavy atom. The van der Waals surface area contributed by atoms with E-state index in [0.29, 0.717) is 11.3 Å². The molecular formula is C25H20ClN3O7. The van der Waals surface area contributed by atoms with E-state index >= 15 is 0 Å². The Bertz CT molecular complexity index is 1350. The molecule has 184 valence electrons. The summed E-state index contributed by atoms with van der Waals surface area (Å²) in [5.41, 5.74) is 0.583. The molecule has 0 aliphatic rings. The summed E-state index contributed by atoms with van der Waals surface area (Å²) in [6.07, 6.45) is 1.29. The van der Waals surface area contributed by atoms with E-state index in [2.05, 4.69) is 15.4 Å². The first kappa shape index (κ1) is 25.9. The summed E-state index contributed by atoms with van der Waals surface area (Å²) in [5.74, 6) is -1.73. The van der Waals surface area contributed by atoms with Crippen molar-refractivity contribution < 1.29 is 28.8 Å². The summed E-state index contributed by atoms with van der Waals surface area (Å²) in [7, 11) is 2.63. The number of hydrogen-bond acceptors (Lipinski definition) is 7. The molecular weight excluding hydrogens is 490 g/mol. The number of amides is 2. The molecule has 3 rings (SSSR count). The van der Waals surface area contributed by atoms with Gasteiger partial charge in [-0.05, 0) is 54.1 Å². The summed E-state index contributed by atoms with van der Waals surface area (Å²) in [6.45, 7) is 0. The minimum atomic E-state index is -0.721. The lowest BCUT2D eigenvalue weighted by atomic mass is 10.1. The molecule has 0 atom stereocenters. The van der Waals surface area contributed by atoms with Crippen LogP contribution in [0.2, 0.25) is 5.02 Å². The molecule has 10 nitrogen and oxygen atoms in total. The van der Waals surface area contributed by atoms with Crippen molar-refractivity contribution in [1.82, 2.24) is 5.32 Å². The second kappa shape index (κ2) is 11.6. The Kier molecular flexibility index (Phi) is 8.37. The van der Waals surface area contributed by atoms with Crippen LogP contribution in [0, 0.1) is 10.1 Å². The van der Waals surface area contributed by atoms with Crippen molar-refractivity contribution in [3.05, 3.63) is 104 Å². The number of nitrogens with zero attached hydrogens (tertiary/aromatic N) is 1. The lowest BCUT2D eigenvalue weighted by Crippen LogP contribution is -2.31. The lowest BCUT2D eigenvalue weighted by molar-refractivity contribution is -0.384. The molecule has 0 unspecified atom stereocenters. The number of non-ortho nitro benzene ring substituents is 1. The average molecular weight is 510 g/mol. The molecule has 0 heterocycles. The number of hydrogen-bond donors (Lipinski definition) is 2. The number of benzene rings is 3. The molecule has 0 bridgehead atoms. The normalized spacial score (nSPS) is 10.8. The van der Waals surface area contributed by atoms with Crippen LogP contribution in [0.15, 0.2) is 72.4 Å². The number of nitro groups is 1. The van der Waals surface area contributed by atoms with Crippen molar-refractivity contribution in [3.8, 4) is 5.75 Å². The Hall–Kier alpha value is -4.70. The predicted octanol–water partition coefficient (Wildman–Crippen LogP) is 4.45. The highest BCUT2D eigenvalue weighted by atomic mass is 35.5. The van der Waals surface area contributed by atoms with Crippen molar-refractivity contribution in [3.63, 3.8) is 0 Å². The molecule has 2 amide bonds. The molecule has 0 saturated carbocycles. The highest BCUT2D eigenvalue weighted by Crippen LogP contribution is 2.23. The second-order valence-electron chi connectivity index (χ2n) is 7.23. The van der Waals surface area contributed by atoms with Crippen LogP contribution >= 0.6 is 11.6 Å². The van der Waals surface area contributed by atoms with E-state index in [1.165, 1.54) is 81.0 Å². The van der Waals surface area contributed by atoms with Gasteiger partial charge in [0.05, 0.1) is 30.3 Å². The average Bonchev–Trinajstić information content (AvgIpc) is 2.88. The van der Waals surface area contributed by atoms with Crippen LogP contribution in [0.25, 0.3) is 6.08 Å². The molecule has 3 aromatic carbocycles. The van der Waals surface area contributed by atoms with Crippen LogP contribution in [0.3, 0.4) is 0 Å². The Balaban J connectivity index is 1.95. The molecule has 0 aliphatic carbocycles. The maximum atomic E-state index is 13.1. The van der Waals surface area contributed by atoms with E-state index in [9.17, 15) is 24.5 Å². The Morgan fingerprint density at radius 1 is 1.00 bits per heavy atom. The largest absolute Gasteiger partial charge is 0.496 e. The maximum Gasteiger partial charge on any atom is 0.337 e. The zero-order chi connectivity index (χ0) is 26.2. The Morgan fingerprint density at radius 3 is 2.36 bits per heavy atom. The smallest absolute Gasteiger partial charge is 0.337 e. The van der Waals surface area contributed by atoms with Crippen LogP contribution in [-0.2, 0) is 9.53 Å². The number of carbonyl (C=O) groups is 3. The molecule has 0 aromatic heterocycles. The van der Waals surface area contributed by atoms with Gasteiger partial charge in [0.25, 0.3) is 17.5 Å². The molecule has 0 radical (unpaired) electrons. The van der Waals surface area contributed by atoms with Crippen LogP contribution in [-0.4, -0.2) is 36.9 Å². The number of anilines is 1. The summed E-state index contributed by atoms with van der Waals surface area (Å²) >= 11 is 6.02. The summed E-state index contributed by atoms with van der Waals surface area (Å²) < 4.78 is 9.86. The fourth-order valence-corrected chi connectivity index (χ4v) is 3.28. The number of esters is 1. The fraction of sp³-hybridized carbons (Fsp3) is 0.0800. The van der Waals surface area contributed by atoms with Gasteiger partial charge in [0, 0.05) is 22.8 Å². The van der Waals surface area contributed by atoms with Crippen LogP contribution in [0.5, 0.6) is 5.75 Å². The van der Waals surface area contributed by atoms with Gasteiger partial charge in [-0.25, -0.2) is 4.79 Å². The molecule has 11 heteroatoms. The number of halogens is 1. The van der Waals surface area contributed by atoms with Gasteiger partial charge in [-0.1, -0.05) is 23.7 Å². The highest BCUT2D eigenvalue weighted by molar-refractivity contribution is 6.31. The van der Waals surface area contributed by atoms with Gasteiger partial charge in [0.15, 0.2) is 0 Å². The number of nitro benzene ring substituents is 1. The van der Waals surface area contributed by atoms with E-state index in [1.807, 2.05) is 0 Å². The fourth-order valence-electron chi connectivity index (χ4n) is 3.11. The van der Waals surface area contributed by atoms with Crippen LogP contribution in [0.4, 0.5) is 11.4 Å². The minimum Gasteiger partial charge on any atom is -0.496 e. The molecule has 2 N–H and O–H groups in total. The third kappa shape index (κ3) is 6.45. The SMILES string of the molecule is COC(=O)c1ccc(NC(=O)C(=Cc2cccc([N+](=O)[O-])c2)NC(=O)c2cc(Cl)ccc2OC)cc1. The van der Waals surface area contributed by atoms with Gasteiger partial charge >= 0.3 is 5.97 Å². The number of ether oxygens (including phenoxy) is 2. The van der Waals surface area contributed by atoms with E-state index < -0.39 is 22.7 Å². The molecule has 3 aromatic rings. The number of carbonyl (C=O) groups excluding carboxylic acids is 3. The third-order valence-corrected chi connectivity index (χ3v) is 5.09. The van der Waals surface area contributed by atoms with Gasteiger partial charge < -0.3 is 20.1 Å². The first-order valence-electron chi connectivity index (χ1n) is 10.3. The van der Waals surface area contributed by atoms with Crippen molar-refractivity contribution in [2.24, 2.45) is 0 Å². The molecule has 0 spiro atoms. The molecule has 0 saturated heterocycles. The van der Waals surface area contributed by atoms with Gasteiger partial charge in [-0.2, -0.15) is 0 Å². The summed E-state index contributed by atoms with van der Waals surface area (Å²) in [6, 6.07) is 15.9. The van der Waals surface area contributed by atoms with Crippen LogP contribution < -0.4 is 15.4 Å². The zero-order valence-corrected chi connectivity index (χ0v) is 19.9. The summed E-state index contributed by atoms with van der Waals surface area (Å²) in [5, 5.41) is 16.6. The minimum absolute atomic E-state index is 0.0742. The Labute approximate surface area is 210 Å². The molecule has 36 heavy (non-hydrogen) atoms. The maximum absolute atomic E-state index is 13.1. The van der Waals surface area contributed by atoms with E-state index in [4.69, 9.17) is 16.3 Å². The number of nitrogens with one attached hydrogen (secondary N) is 2. The van der Waals surface area contributed by atoms with Gasteiger partial charge in [-0.15, -0.1) is 0 Å². The quantitative estimate of drug-likeness (QED) is 0.198. The number of methoxy groups -OCH3 is 2. The van der Waals surface area contributed by atoms with Crippen LogP contribution in [0.1, 0.15) is 26.3 Å². The van der Waals surface area contributed by atoms with Crippen molar-refractivity contribution in [1.29, 1.82) is 0 Å². The topological polar surface area (TPSA) is 137 Å². The van der Waals surface area contributed by atoms with E-state index in [-0.39, 0.29) is 33.3 Å². The second-order valence-corrected chi connectivity index (χ2v) is 7.67. The number of rotatable bonds is 8. The lowest BCUT2D eigenvalue weighted by Gasteiger charge is -2.13. The predicted molar refractivity (Wildman–Crippen MR) is 133 cm³/mol. The first-order chi connectivity index (χ1) is 17.2. The highest BCUT2D eigenvalue weighted by Gasteiger charge is 2.19. The zero-order valence-electron chi connectivity index (χ0n) is 19.1. The van der Waals surface area contributed by atoms with Crippen molar-refractivity contribution in [2.45, 2.75) is 0 Å². The van der Waals surface area contributed by atoms with Gasteiger partial charge in [-0.3, -0.25) is 19.7 Å². The van der Waals surface area contributed by atoms with Crippen molar-refractivity contribution >= 4 is 46.8 Å². The van der Waals surface area contributed by atoms with E-state index in [0.717, 1.165) is 0 Å². The van der Waals surface area contributed by atoms with Gasteiger partial charge in [0.2, 0.25) is 0 Å². The standard InChI is InChI=1S/C25H20ClN3O7/c1-35-22-11-8-17(26)14-20(22)23(30)28-21(13-15-4-3-5-19(12-15)29(33)34)24(31)27-18-9-6-16(7-10-18)25(32)36-2/h3-14H,1-2H3,(H,27,31)(H,28,30). The van der Waals surface area contributed by atoms with Gasteiger partial charge in [0.1, 0.15) is 11.4 Å². The van der Waals surface area contributed by atoms with E-state index in [1.54, 1.807) is 6.07 Å². The first-order valence-corrected chi connectivity index (χ1v) is 10.7. The third-order valence-electron chi connectivity index (χ3n) is 4.85. The van der Waals surface area contributed by atoms with Crippen molar-refractivity contribution in [2.75, 3.05) is 19.5 Å².